The van der Waals surface area contributed by atoms with Crippen molar-refractivity contribution in [2.45, 2.75) is 39.4 Å². The molecule has 0 unspecified atom stereocenters. The van der Waals surface area contributed by atoms with Crippen LogP contribution in [0.4, 0.5) is 18.9 Å². The molecule has 1 aromatic heterocycles. The van der Waals surface area contributed by atoms with Crippen molar-refractivity contribution < 1.29 is 22.8 Å². The summed E-state index contributed by atoms with van der Waals surface area (Å²) < 4.78 is 40.7. The molecule has 9 heteroatoms. The number of amides is 1. The molecular weight excluding hydrogens is 505 g/mol. The highest BCUT2D eigenvalue weighted by molar-refractivity contribution is 6.04. The first-order valence-corrected chi connectivity index (χ1v) is 12.5. The maximum atomic E-state index is 13.2. The lowest BCUT2D eigenvalue weighted by Gasteiger charge is -2.29. The molecule has 39 heavy (non-hydrogen) atoms. The fraction of sp³-hybridized carbons (Fsp3) is 0.233. The Morgan fingerprint density at radius 3 is 2.46 bits per heavy atom. The number of aromatic nitrogens is 2. The van der Waals surface area contributed by atoms with Gasteiger partial charge in [-0.3, -0.25) is 9.59 Å². The maximum absolute atomic E-state index is 13.2. The van der Waals surface area contributed by atoms with Gasteiger partial charge in [-0.15, -0.1) is 0 Å². The molecule has 0 radical (unpaired) electrons. The van der Waals surface area contributed by atoms with Crippen LogP contribution in [0.2, 0.25) is 0 Å². The Labute approximate surface area is 223 Å². The highest BCUT2D eigenvalue weighted by atomic mass is 19.4. The number of hydrogen-bond donors (Lipinski definition) is 2. The summed E-state index contributed by atoms with van der Waals surface area (Å²) in [6.45, 7) is 4.00. The minimum absolute atomic E-state index is 0.0236. The molecule has 0 atom stereocenters. The SMILES string of the molecule is CC1(C)CC(=O)c2c(-c3ccccc3)nn(-c3ccc(C(=O)NCc4cccc(C(F)(F)F)c4)cc3N)c2C1. The van der Waals surface area contributed by atoms with Gasteiger partial charge >= 0.3 is 6.18 Å². The molecule has 0 saturated heterocycles. The number of nitrogens with one attached hydrogen (secondary N) is 1. The number of hydrogen-bond acceptors (Lipinski definition) is 4. The van der Waals surface area contributed by atoms with Crippen LogP contribution in [0, 0.1) is 5.41 Å². The largest absolute Gasteiger partial charge is 0.416 e. The summed E-state index contributed by atoms with van der Waals surface area (Å²) in [7, 11) is 0. The van der Waals surface area contributed by atoms with Crippen LogP contribution >= 0.6 is 0 Å². The number of anilines is 1. The third-order valence-electron chi connectivity index (χ3n) is 6.82. The molecule has 200 valence electrons. The summed E-state index contributed by atoms with van der Waals surface area (Å²) in [4.78, 5) is 26.0. The van der Waals surface area contributed by atoms with Gasteiger partial charge in [-0.25, -0.2) is 4.68 Å². The molecule has 0 saturated carbocycles. The summed E-state index contributed by atoms with van der Waals surface area (Å²) >= 11 is 0. The summed E-state index contributed by atoms with van der Waals surface area (Å²) in [5, 5.41) is 7.45. The van der Waals surface area contributed by atoms with E-state index in [1.807, 2.05) is 44.2 Å². The number of ketones is 1. The number of nitrogens with two attached hydrogens (primary N) is 1. The van der Waals surface area contributed by atoms with Gasteiger partial charge in [-0.1, -0.05) is 56.3 Å². The molecule has 4 aromatic rings. The minimum atomic E-state index is -4.46. The van der Waals surface area contributed by atoms with E-state index in [1.54, 1.807) is 16.8 Å². The van der Waals surface area contributed by atoms with Gasteiger partial charge in [0.15, 0.2) is 5.78 Å². The number of fused-ring (bicyclic) bond motifs is 1. The van der Waals surface area contributed by atoms with Crippen molar-refractivity contribution in [1.82, 2.24) is 15.1 Å². The maximum Gasteiger partial charge on any atom is 0.416 e. The van der Waals surface area contributed by atoms with Crippen molar-refractivity contribution in [2.75, 3.05) is 5.73 Å². The molecule has 1 aliphatic rings. The van der Waals surface area contributed by atoms with Crippen molar-refractivity contribution >= 4 is 17.4 Å². The number of alkyl halides is 3. The third-order valence-corrected chi connectivity index (χ3v) is 6.82. The summed E-state index contributed by atoms with van der Waals surface area (Å²) in [6.07, 6.45) is -3.44. The molecule has 0 fully saturated rings. The van der Waals surface area contributed by atoms with Crippen LogP contribution in [0.1, 0.15) is 57.8 Å². The first kappa shape index (κ1) is 26.2. The van der Waals surface area contributed by atoms with E-state index in [9.17, 15) is 22.8 Å². The summed E-state index contributed by atoms with van der Waals surface area (Å²) in [6, 6.07) is 19.0. The zero-order valence-electron chi connectivity index (χ0n) is 21.5. The Kier molecular flexibility index (Phi) is 6.54. The topological polar surface area (TPSA) is 90.0 Å². The molecule has 1 heterocycles. The highest BCUT2D eigenvalue weighted by Gasteiger charge is 2.37. The predicted molar refractivity (Wildman–Crippen MR) is 142 cm³/mol. The molecule has 1 amide bonds. The minimum Gasteiger partial charge on any atom is -0.397 e. The molecule has 3 aromatic carbocycles. The number of nitrogens with zero attached hydrogens (tertiary/aromatic N) is 2. The first-order valence-electron chi connectivity index (χ1n) is 12.5. The molecule has 0 bridgehead atoms. The number of carbonyl (C=O) groups excluding carboxylic acids is 2. The lowest BCUT2D eigenvalue weighted by molar-refractivity contribution is -0.137. The van der Waals surface area contributed by atoms with Crippen molar-refractivity contribution in [3.05, 3.63) is 101 Å². The first-order chi connectivity index (χ1) is 18.4. The van der Waals surface area contributed by atoms with Gasteiger partial charge in [-0.2, -0.15) is 18.3 Å². The third kappa shape index (κ3) is 5.30. The number of benzene rings is 3. The van der Waals surface area contributed by atoms with E-state index < -0.39 is 17.6 Å². The summed E-state index contributed by atoms with van der Waals surface area (Å²) in [5.41, 5.74) is 9.53. The number of rotatable bonds is 5. The second-order valence-corrected chi connectivity index (χ2v) is 10.5. The van der Waals surface area contributed by atoms with Crippen LogP contribution in [0.25, 0.3) is 16.9 Å². The molecule has 0 aliphatic heterocycles. The lowest BCUT2D eigenvalue weighted by Crippen LogP contribution is -2.28. The number of carbonyl (C=O) groups is 2. The van der Waals surface area contributed by atoms with Crippen LogP contribution < -0.4 is 11.1 Å². The van der Waals surface area contributed by atoms with Gasteiger partial charge in [0.25, 0.3) is 5.91 Å². The number of Topliss-reactive ketones (excluding diaryl/α,β-unsaturated/α-hetero) is 1. The lowest BCUT2D eigenvalue weighted by atomic mass is 9.75. The van der Waals surface area contributed by atoms with E-state index in [-0.39, 0.29) is 29.0 Å². The fourth-order valence-corrected chi connectivity index (χ4v) is 4.98. The average Bonchev–Trinajstić information content (AvgIpc) is 3.25. The molecule has 3 N–H and O–H groups in total. The quantitative estimate of drug-likeness (QED) is 0.299. The highest BCUT2D eigenvalue weighted by Crippen LogP contribution is 2.40. The van der Waals surface area contributed by atoms with Crippen LogP contribution in [0.3, 0.4) is 0 Å². The van der Waals surface area contributed by atoms with E-state index in [4.69, 9.17) is 10.8 Å². The Morgan fingerprint density at radius 1 is 1.03 bits per heavy atom. The second-order valence-electron chi connectivity index (χ2n) is 10.5. The monoisotopic (exact) mass is 532 g/mol. The van der Waals surface area contributed by atoms with Gasteiger partial charge in [0.2, 0.25) is 0 Å². The standard InChI is InChI=1S/C30H27F3N4O2/c1-29(2)15-24-26(25(38)16-29)27(19-8-4-3-5-9-19)36-37(24)23-12-11-20(14-22(23)34)28(39)35-17-18-7-6-10-21(13-18)30(31,32)33/h3-14H,15-17,34H2,1-2H3,(H,35,39). The van der Waals surface area contributed by atoms with Gasteiger partial charge in [0.05, 0.1) is 28.2 Å². The predicted octanol–water partition coefficient (Wildman–Crippen LogP) is 6.23. The molecule has 6 nitrogen and oxygen atoms in total. The van der Waals surface area contributed by atoms with E-state index in [0.717, 1.165) is 23.4 Å². The van der Waals surface area contributed by atoms with Gasteiger partial charge < -0.3 is 11.1 Å². The second kappa shape index (κ2) is 9.72. The molecule has 0 spiro atoms. The van der Waals surface area contributed by atoms with Crippen molar-refractivity contribution in [2.24, 2.45) is 5.41 Å². The Balaban J connectivity index is 1.45. The smallest absolute Gasteiger partial charge is 0.397 e. The van der Waals surface area contributed by atoms with Crippen molar-refractivity contribution in [1.29, 1.82) is 0 Å². The van der Waals surface area contributed by atoms with Gasteiger partial charge in [0.1, 0.15) is 5.69 Å². The zero-order valence-corrected chi connectivity index (χ0v) is 21.5. The normalized spacial score (nSPS) is 14.6. The van der Waals surface area contributed by atoms with Crippen LogP contribution in [0.15, 0.2) is 72.8 Å². The van der Waals surface area contributed by atoms with E-state index in [1.165, 1.54) is 18.2 Å². The van der Waals surface area contributed by atoms with Crippen LogP contribution in [-0.4, -0.2) is 21.5 Å². The molecule has 1 aliphatic carbocycles. The van der Waals surface area contributed by atoms with E-state index >= 15 is 0 Å². The number of nitrogen functional groups attached to an aromatic ring is 1. The van der Waals surface area contributed by atoms with Gasteiger partial charge in [-0.05, 0) is 47.7 Å². The molecule has 5 rings (SSSR count). The Hall–Kier alpha value is -4.40. The van der Waals surface area contributed by atoms with E-state index in [2.05, 4.69) is 5.32 Å². The Morgan fingerprint density at radius 2 is 1.77 bits per heavy atom. The zero-order chi connectivity index (χ0) is 27.9. The fourth-order valence-electron chi connectivity index (χ4n) is 4.98. The number of halogens is 3. The van der Waals surface area contributed by atoms with Gasteiger partial charge in [0, 0.05) is 24.1 Å². The van der Waals surface area contributed by atoms with Crippen LogP contribution in [0.5, 0.6) is 0 Å². The van der Waals surface area contributed by atoms with Crippen molar-refractivity contribution in [3.8, 4) is 16.9 Å². The molecular formula is C30H27F3N4O2. The average molecular weight is 533 g/mol. The van der Waals surface area contributed by atoms with E-state index in [0.29, 0.717) is 35.3 Å². The van der Waals surface area contributed by atoms with Crippen LogP contribution in [-0.2, 0) is 19.1 Å². The summed E-state index contributed by atoms with van der Waals surface area (Å²) in [5.74, 6) is -0.454. The Bertz CT molecular complexity index is 1570. The van der Waals surface area contributed by atoms with Crippen molar-refractivity contribution in [3.63, 3.8) is 0 Å².